The van der Waals surface area contributed by atoms with Crippen LogP contribution in [0.4, 0.5) is 5.69 Å². The summed E-state index contributed by atoms with van der Waals surface area (Å²) in [6, 6.07) is 5.37. The number of halogens is 1. The van der Waals surface area contributed by atoms with E-state index >= 15 is 0 Å². The topological polar surface area (TPSA) is 72.5 Å². The van der Waals surface area contributed by atoms with Crippen LogP contribution in [0.25, 0.3) is 0 Å². The number of nitrogens with zero attached hydrogens (tertiary/aromatic N) is 2. The van der Waals surface area contributed by atoms with Gasteiger partial charge in [-0.1, -0.05) is 18.5 Å². The minimum Gasteiger partial charge on any atom is -0.495 e. The van der Waals surface area contributed by atoms with Gasteiger partial charge in [0.15, 0.2) is 5.96 Å². The molecular formula is C16H21ClN4OS. The molecule has 0 atom stereocenters. The van der Waals surface area contributed by atoms with Gasteiger partial charge in [0, 0.05) is 23.5 Å². The van der Waals surface area contributed by atoms with E-state index in [0.29, 0.717) is 23.3 Å². The van der Waals surface area contributed by atoms with Crippen LogP contribution >= 0.6 is 22.9 Å². The third-order valence-corrected chi connectivity index (χ3v) is 4.67. The summed E-state index contributed by atoms with van der Waals surface area (Å²) >= 11 is 7.80. The molecule has 0 saturated heterocycles. The van der Waals surface area contributed by atoms with E-state index in [4.69, 9.17) is 22.1 Å². The van der Waals surface area contributed by atoms with E-state index in [0.717, 1.165) is 23.5 Å². The number of ether oxygens (including phenoxy) is 1. The molecule has 0 aliphatic heterocycles. The first-order chi connectivity index (χ1) is 11.0. The highest BCUT2D eigenvalue weighted by Crippen LogP contribution is 2.27. The quantitative estimate of drug-likeness (QED) is 0.615. The number of anilines is 1. The summed E-state index contributed by atoms with van der Waals surface area (Å²) in [6.07, 6.45) is 1.75. The first-order valence-electron chi connectivity index (χ1n) is 7.39. The Morgan fingerprint density at radius 2 is 2.26 bits per heavy atom. The third-order valence-electron chi connectivity index (χ3n) is 3.30. The fraction of sp³-hybridized carbons (Fsp3) is 0.375. The van der Waals surface area contributed by atoms with Crippen LogP contribution in [0.3, 0.4) is 0 Å². The maximum Gasteiger partial charge on any atom is 0.193 e. The molecule has 23 heavy (non-hydrogen) atoms. The van der Waals surface area contributed by atoms with Crippen molar-refractivity contribution in [2.75, 3.05) is 19.0 Å². The number of nitrogens with two attached hydrogens (primary N) is 1. The van der Waals surface area contributed by atoms with E-state index < -0.39 is 0 Å². The molecule has 0 bridgehead atoms. The Morgan fingerprint density at radius 1 is 1.48 bits per heavy atom. The molecule has 1 aromatic heterocycles. The molecular weight excluding hydrogens is 332 g/mol. The first kappa shape index (κ1) is 17.6. The lowest BCUT2D eigenvalue weighted by Gasteiger charge is -2.08. The van der Waals surface area contributed by atoms with Crippen molar-refractivity contribution >= 4 is 34.6 Å². The van der Waals surface area contributed by atoms with Gasteiger partial charge in [-0.2, -0.15) is 0 Å². The molecule has 0 aliphatic carbocycles. The Labute approximate surface area is 145 Å². The molecule has 1 aromatic carbocycles. The smallest absolute Gasteiger partial charge is 0.193 e. The van der Waals surface area contributed by atoms with Crippen LogP contribution in [-0.2, 0) is 12.8 Å². The van der Waals surface area contributed by atoms with Gasteiger partial charge in [-0.25, -0.2) is 4.98 Å². The van der Waals surface area contributed by atoms with Crippen molar-refractivity contribution < 1.29 is 4.74 Å². The molecule has 1 heterocycles. The van der Waals surface area contributed by atoms with Crippen molar-refractivity contribution in [2.24, 2.45) is 10.7 Å². The second kappa shape index (κ2) is 8.17. The van der Waals surface area contributed by atoms with Gasteiger partial charge in [-0.05, 0) is 31.5 Å². The maximum atomic E-state index is 6.08. The monoisotopic (exact) mass is 352 g/mol. The van der Waals surface area contributed by atoms with E-state index in [-0.39, 0.29) is 0 Å². The first-order valence-corrected chi connectivity index (χ1v) is 8.58. The zero-order valence-electron chi connectivity index (χ0n) is 13.5. The molecule has 0 radical (unpaired) electrons. The van der Waals surface area contributed by atoms with E-state index in [9.17, 15) is 0 Å². The Balaban J connectivity index is 1.91. The molecule has 0 saturated carbocycles. The van der Waals surface area contributed by atoms with Gasteiger partial charge in [-0.3, -0.25) is 4.99 Å². The molecule has 0 fully saturated rings. The number of aryl methyl sites for hydroxylation is 2. The van der Waals surface area contributed by atoms with Crippen molar-refractivity contribution in [3.63, 3.8) is 0 Å². The van der Waals surface area contributed by atoms with Gasteiger partial charge < -0.3 is 15.8 Å². The lowest BCUT2D eigenvalue weighted by molar-refractivity contribution is 0.415. The number of nitrogens with one attached hydrogen (secondary N) is 1. The van der Waals surface area contributed by atoms with Crippen LogP contribution < -0.4 is 15.8 Å². The van der Waals surface area contributed by atoms with Crippen LogP contribution in [0.15, 0.2) is 23.2 Å². The lowest BCUT2D eigenvalue weighted by atomic mass is 10.3. The maximum absolute atomic E-state index is 6.08. The van der Waals surface area contributed by atoms with Crippen molar-refractivity contribution in [1.82, 2.24) is 4.98 Å². The van der Waals surface area contributed by atoms with Gasteiger partial charge in [0.2, 0.25) is 0 Å². The molecule has 5 nitrogen and oxygen atoms in total. The number of aromatic nitrogens is 1. The number of aliphatic imine (C=N–C) groups is 1. The van der Waals surface area contributed by atoms with Gasteiger partial charge in [0.1, 0.15) is 5.75 Å². The van der Waals surface area contributed by atoms with Crippen molar-refractivity contribution in [3.8, 4) is 5.75 Å². The number of rotatable bonds is 6. The van der Waals surface area contributed by atoms with E-state index in [1.165, 1.54) is 10.6 Å². The standard InChI is InChI=1S/C16H21ClN4OS/c1-4-13-10(2)23-15(21-13)7-8-19-16(18)20-11-5-6-14(22-3)12(17)9-11/h5-6,9H,4,7-8H2,1-3H3,(H3,18,19,20). The summed E-state index contributed by atoms with van der Waals surface area (Å²) in [5, 5.41) is 4.64. The summed E-state index contributed by atoms with van der Waals surface area (Å²) < 4.78 is 5.11. The summed E-state index contributed by atoms with van der Waals surface area (Å²) in [4.78, 5) is 10.2. The molecule has 2 aromatic rings. The molecule has 0 amide bonds. The molecule has 0 unspecified atom stereocenters. The van der Waals surface area contributed by atoms with Crippen LogP contribution in [0.2, 0.25) is 5.02 Å². The number of hydrogen-bond donors (Lipinski definition) is 2. The highest BCUT2D eigenvalue weighted by atomic mass is 35.5. The molecule has 0 spiro atoms. The van der Waals surface area contributed by atoms with Crippen LogP contribution in [0.1, 0.15) is 22.5 Å². The average molecular weight is 353 g/mol. The molecule has 2 rings (SSSR count). The second-order valence-electron chi connectivity index (χ2n) is 4.96. The number of methoxy groups -OCH3 is 1. The molecule has 7 heteroatoms. The minimum atomic E-state index is 0.357. The summed E-state index contributed by atoms with van der Waals surface area (Å²) in [5.74, 6) is 0.980. The Kier molecular flexibility index (Phi) is 6.24. The average Bonchev–Trinajstić information content (AvgIpc) is 2.87. The van der Waals surface area contributed by atoms with Crippen molar-refractivity contribution in [1.29, 1.82) is 0 Å². The lowest BCUT2D eigenvalue weighted by Crippen LogP contribution is -2.23. The fourth-order valence-electron chi connectivity index (χ4n) is 2.13. The highest BCUT2D eigenvalue weighted by Gasteiger charge is 2.06. The van der Waals surface area contributed by atoms with Crippen LogP contribution in [0.5, 0.6) is 5.75 Å². The summed E-state index contributed by atoms with van der Waals surface area (Å²) in [7, 11) is 1.58. The third kappa shape index (κ3) is 4.84. The molecule has 0 aliphatic rings. The largest absolute Gasteiger partial charge is 0.495 e. The van der Waals surface area contributed by atoms with Gasteiger partial charge in [0.25, 0.3) is 0 Å². The Morgan fingerprint density at radius 3 is 2.87 bits per heavy atom. The SMILES string of the molecule is CCc1nc(CCN=C(N)Nc2ccc(OC)c(Cl)c2)sc1C. The van der Waals surface area contributed by atoms with Gasteiger partial charge in [0.05, 0.1) is 22.8 Å². The summed E-state index contributed by atoms with van der Waals surface area (Å²) in [6.45, 7) is 4.82. The Bertz CT molecular complexity index is 699. The fourth-order valence-corrected chi connectivity index (χ4v) is 3.39. The second-order valence-corrected chi connectivity index (χ2v) is 6.65. The molecule has 124 valence electrons. The van der Waals surface area contributed by atoms with Crippen LogP contribution in [-0.4, -0.2) is 24.6 Å². The zero-order valence-corrected chi connectivity index (χ0v) is 15.1. The van der Waals surface area contributed by atoms with E-state index in [1.807, 2.05) is 6.07 Å². The zero-order chi connectivity index (χ0) is 16.8. The van der Waals surface area contributed by atoms with E-state index in [2.05, 4.69) is 29.1 Å². The number of guanidine groups is 1. The normalized spacial score (nSPS) is 11.6. The number of hydrogen-bond acceptors (Lipinski definition) is 4. The minimum absolute atomic E-state index is 0.357. The Hall–Kier alpha value is -1.79. The molecule has 3 N–H and O–H groups in total. The summed E-state index contributed by atoms with van der Waals surface area (Å²) in [5.41, 5.74) is 7.85. The number of thiazole rings is 1. The van der Waals surface area contributed by atoms with Crippen molar-refractivity contribution in [3.05, 3.63) is 38.8 Å². The van der Waals surface area contributed by atoms with Gasteiger partial charge in [-0.15, -0.1) is 11.3 Å². The highest BCUT2D eigenvalue weighted by molar-refractivity contribution is 7.11. The van der Waals surface area contributed by atoms with Crippen molar-refractivity contribution in [2.45, 2.75) is 26.7 Å². The van der Waals surface area contributed by atoms with Gasteiger partial charge >= 0.3 is 0 Å². The van der Waals surface area contributed by atoms with Crippen LogP contribution in [0, 0.1) is 6.92 Å². The predicted molar refractivity (Wildman–Crippen MR) is 98.0 cm³/mol. The number of benzene rings is 1. The predicted octanol–water partition coefficient (Wildman–Crippen LogP) is 3.65. The van der Waals surface area contributed by atoms with E-state index in [1.54, 1.807) is 30.6 Å².